The average molecular weight is 815 g/mol. The third-order valence-electron chi connectivity index (χ3n) is 10.9. The van der Waals surface area contributed by atoms with Gasteiger partial charge in [-0.2, -0.15) is 0 Å². The molecule has 0 fully saturated rings. The maximum absolute atomic E-state index is 12.7. The molecule has 58 heavy (non-hydrogen) atoms. The van der Waals surface area contributed by atoms with E-state index in [4.69, 9.17) is 14.2 Å². The van der Waals surface area contributed by atoms with Gasteiger partial charge in [0.2, 0.25) is 0 Å². The summed E-state index contributed by atoms with van der Waals surface area (Å²) < 4.78 is 16.7. The summed E-state index contributed by atoms with van der Waals surface area (Å²) in [6.45, 7) is 6.59. The Bertz CT molecular complexity index is 984. The van der Waals surface area contributed by atoms with Crippen molar-refractivity contribution in [3.63, 3.8) is 0 Å². The molecule has 0 aromatic carbocycles. The molecular weight excluding hydrogens is 721 g/mol. The number of carbonyl (C=O) groups is 3. The van der Waals surface area contributed by atoms with E-state index in [1.807, 2.05) is 0 Å². The molecule has 1 atom stereocenters. The first kappa shape index (κ1) is 55.6. The van der Waals surface area contributed by atoms with Crippen LogP contribution < -0.4 is 0 Å². The number of esters is 3. The zero-order chi connectivity index (χ0) is 42.3. The van der Waals surface area contributed by atoms with Gasteiger partial charge in [0, 0.05) is 19.3 Å². The van der Waals surface area contributed by atoms with Crippen molar-refractivity contribution in [1.29, 1.82) is 0 Å². The van der Waals surface area contributed by atoms with Gasteiger partial charge in [-0.15, -0.1) is 0 Å². The lowest BCUT2D eigenvalue weighted by molar-refractivity contribution is -0.167. The number of unbranched alkanes of at least 4 members (excludes halogenated alkanes) is 28. The second kappa shape index (κ2) is 47.3. The lowest BCUT2D eigenvalue weighted by Gasteiger charge is -2.18. The fourth-order valence-electron chi connectivity index (χ4n) is 7.10. The minimum atomic E-state index is -0.770. The first-order chi connectivity index (χ1) is 28.5. The van der Waals surface area contributed by atoms with E-state index in [1.165, 1.54) is 141 Å². The van der Waals surface area contributed by atoms with Crippen molar-refractivity contribution < 1.29 is 28.6 Å². The highest BCUT2D eigenvalue weighted by atomic mass is 16.6. The normalized spacial score (nSPS) is 12.3. The molecule has 0 aliphatic rings. The Hall–Kier alpha value is -2.37. The van der Waals surface area contributed by atoms with Gasteiger partial charge in [0.15, 0.2) is 6.10 Å². The van der Waals surface area contributed by atoms with Crippen LogP contribution >= 0.6 is 0 Å². The van der Waals surface area contributed by atoms with Crippen molar-refractivity contribution in [2.24, 2.45) is 0 Å². The minimum Gasteiger partial charge on any atom is -0.462 e. The molecule has 6 nitrogen and oxygen atoms in total. The summed E-state index contributed by atoms with van der Waals surface area (Å²) in [5.41, 5.74) is 0. The van der Waals surface area contributed by atoms with Gasteiger partial charge in [-0.25, -0.2) is 0 Å². The summed E-state index contributed by atoms with van der Waals surface area (Å²) in [7, 11) is 0. The van der Waals surface area contributed by atoms with Gasteiger partial charge in [-0.05, 0) is 57.8 Å². The van der Waals surface area contributed by atoms with E-state index >= 15 is 0 Å². The summed E-state index contributed by atoms with van der Waals surface area (Å²) >= 11 is 0. The van der Waals surface area contributed by atoms with E-state index < -0.39 is 6.10 Å². The second-order valence-corrected chi connectivity index (χ2v) is 16.7. The summed E-state index contributed by atoms with van der Waals surface area (Å²) in [6.07, 6.45) is 54.1. The number of carbonyl (C=O) groups excluding carboxylic acids is 3. The lowest BCUT2D eigenvalue weighted by Crippen LogP contribution is -2.30. The zero-order valence-corrected chi connectivity index (χ0v) is 38.6. The maximum atomic E-state index is 12.7. The van der Waals surface area contributed by atoms with Gasteiger partial charge in [-0.1, -0.05) is 218 Å². The second-order valence-electron chi connectivity index (χ2n) is 16.7. The molecule has 0 aliphatic heterocycles. The monoisotopic (exact) mass is 815 g/mol. The van der Waals surface area contributed by atoms with Crippen LogP contribution in [0.4, 0.5) is 0 Å². The smallest absolute Gasteiger partial charge is 0.306 e. The molecule has 0 saturated heterocycles. The Morgan fingerprint density at radius 1 is 0.345 bits per heavy atom. The van der Waals surface area contributed by atoms with E-state index in [2.05, 4.69) is 57.2 Å². The summed E-state index contributed by atoms with van der Waals surface area (Å²) in [5, 5.41) is 0. The van der Waals surface area contributed by atoms with E-state index in [0.29, 0.717) is 19.3 Å². The quantitative estimate of drug-likeness (QED) is 0.0264. The zero-order valence-electron chi connectivity index (χ0n) is 38.6. The number of rotatable bonds is 45. The van der Waals surface area contributed by atoms with Gasteiger partial charge in [0.1, 0.15) is 13.2 Å². The van der Waals surface area contributed by atoms with Gasteiger partial charge >= 0.3 is 17.9 Å². The Kier molecular flexibility index (Phi) is 45.4. The summed E-state index contributed by atoms with van der Waals surface area (Å²) in [4.78, 5) is 37.8. The van der Waals surface area contributed by atoms with Crippen LogP contribution in [0.5, 0.6) is 0 Å². The molecule has 0 aromatic rings. The van der Waals surface area contributed by atoms with Gasteiger partial charge in [0.25, 0.3) is 0 Å². The highest BCUT2D eigenvalue weighted by molar-refractivity contribution is 5.71. The SMILES string of the molecule is CCCCC/C=C\C/C=C\C/C=C\CCCCCCCCC(=O)OCC(COC(=O)CCCCCCCCCCCC)OC(=O)CCCCCCCCCCCCC. The molecule has 0 N–H and O–H groups in total. The maximum Gasteiger partial charge on any atom is 0.306 e. The summed E-state index contributed by atoms with van der Waals surface area (Å²) in [5.74, 6) is -0.880. The first-order valence-electron chi connectivity index (χ1n) is 25.0. The third-order valence-corrected chi connectivity index (χ3v) is 10.9. The van der Waals surface area contributed by atoms with E-state index in [1.54, 1.807) is 0 Å². The number of hydrogen-bond acceptors (Lipinski definition) is 6. The Morgan fingerprint density at radius 2 is 0.621 bits per heavy atom. The summed E-state index contributed by atoms with van der Waals surface area (Å²) in [6, 6.07) is 0. The van der Waals surface area contributed by atoms with Crippen LogP contribution in [0, 0.1) is 0 Å². The van der Waals surface area contributed by atoms with Crippen LogP contribution in [0.1, 0.15) is 258 Å². The third kappa shape index (κ3) is 44.7. The van der Waals surface area contributed by atoms with E-state index in [0.717, 1.165) is 77.0 Å². The largest absolute Gasteiger partial charge is 0.462 e. The lowest BCUT2D eigenvalue weighted by atomic mass is 10.1. The first-order valence-corrected chi connectivity index (χ1v) is 25.0. The minimum absolute atomic E-state index is 0.0728. The Labute approximate surface area is 359 Å². The van der Waals surface area contributed by atoms with Crippen LogP contribution in [0.15, 0.2) is 36.5 Å². The van der Waals surface area contributed by atoms with Crippen LogP contribution in [0.3, 0.4) is 0 Å². The topological polar surface area (TPSA) is 78.9 Å². The highest BCUT2D eigenvalue weighted by Gasteiger charge is 2.19. The standard InChI is InChI=1S/C52H94O6/c1-4-7-10-13-16-19-22-23-24-25-26-27-28-29-31-33-36-39-42-45-51(54)57-48-49(47-56-50(53)44-41-38-35-32-21-18-15-12-9-6-3)58-52(55)46-43-40-37-34-30-20-17-14-11-8-5-2/h16,19,23-24,26-27,49H,4-15,17-18,20-22,25,28-48H2,1-3H3/b19-16-,24-23-,27-26-. The van der Waals surface area contributed by atoms with Crippen molar-refractivity contribution in [2.45, 2.75) is 264 Å². The number of hydrogen-bond donors (Lipinski definition) is 0. The molecule has 0 aliphatic carbocycles. The van der Waals surface area contributed by atoms with Crippen molar-refractivity contribution in [3.05, 3.63) is 36.5 Å². The fraction of sp³-hybridized carbons (Fsp3) is 0.827. The molecule has 0 saturated carbocycles. The molecule has 0 spiro atoms. The van der Waals surface area contributed by atoms with Crippen LogP contribution in [-0.4, -0.2) is 37.2 Å². The van der Waals surface area contributed by atoms with Crippen molar-refractivity contribution in [1.82, 2.24) is 0 Å². The van der Waals surface area contributed by atoms with Crippen molar-refractivity contribution in [2.75, 3.05) is 13.2 Å². The molecule has 0 aromatic heterocycles. The molecule has 0 heterocycles. The Morgan fingerprint density at radius 3 is 1.00 bits per heavy atom. The number of allylic oxidation sites excluding steroid dienone is 6. The van der Waals surface area contributed by atoms with E-state index in [9.17, 15) is 14.4 Å². The van der Waals surface area contributed by atoms with Gasteiger partial charge < -0.3 is 14.2 Å². The van der Waals surface area contributed by atoms with Gasteiger partial charge in [0.05, 0.1) is 0 Å². The molecule has 338 valence electrons. The molecule has 0 rings (SSSR count). The Balaban J connectivity index is 4.31. The van der Waals surface area contributed by atoms with Crippen molar-refractivity contribution >= 4 is 17.9 Å². The molecule has 1 unspecified atom stereocenters. The highest BCUT2D eigenvalue weighted by Crippen LogP contribution is 2.15. The number of ether oxygens (including phenoxy) is 3. The molecule has 0 bridgehead atoms. The average Bonchev–Trinajstić information content (AvgIpc) is 3.22. The van der Waals surface area contributed by atoms with Gasteiger partial charge in [-0.3, -0.25) is 14.4 Å². The predicted octanol–water partition coefficient (Wildman–Crippen LogP) is 16.1. The molecule has 0 amide bonds. The predicted molar refractivity (Wildman–Crippen MR) is 247 cm³/mol. The van der Waals surface area contributed by atoms with Crippen molar-refractivity contribution in [3.8, 4) is 0 Å². The molecule has 6 heteroatoms. The van der Waals surface area contributed by atoms with E-state index in [-0.39, 0.29) is 31.1 Å². The fourth-order valence-corrected chi connectivity index (χ4v) is 7.10. The molecular formula is C52H94O6. The van der Waals surface area contributed by atoms with Crippen LogP contribution in [0.2, 0.25) is 0 Å². The van der Waals surface area contributed by atoms with Crippen LogP contribution in [0.25, 0.3) is 0 Å². The molecule has 0 radical (unpaired) electrons. The van der Waals surface area contributed by atoms with Crippen LogP contribution in [-0.2, 0) is 28.6 Å².